The lowest BCUT2D eigenvalue weighted by Crippen LogP contribution is -1.89. The lowest BCUT2D eigenvalue weighted by molar-refractivity contribution is 1.19. The number of rotatable bonds is 6. The van der Waals surface area contributed by atoms with E-state index in [1.54, 1.807) is 0 Å². The maximum Gasteiger partial charge on any atom is -0.00258 e. The minimum Gasteiger partial charge on any atom is -0.333 e. The molecule has 0 spiro atoms. The highest BCUT2D eigenvalue weighted by molar-refractivity contribution is 6.04. The summed E-state index contributed by atoms with van der Waals surface area (Å²) in [5.74, 6) is 0. The summed E-state index contributed by atoms with van der Waals surface area (Å²) in [5.41, 5.74) is 17.3. The van der Waals surface area contributed by atoms with Crippen LogP contribution in [0.4, 0.5) is 0 Å². The summed E-state index contributed by atoms with van der Waals surface area (Å²) in [5, 5.41) is 2.56. The molecule has 7 rings (SSSR count). The molecule has 0 saturated carbocycles. The summed E-state index contributed by atoms with van der Waals surface area (Å²) in [7, 11) is 1.50. The van der Waals surface area contributed by atoms with Crippen molar-refractivity contribution in [1.82, 2.24) is 0 Å². The molecule has 0 amide bonds. The zero-order chi connectivity index (χ0) is 34.8. The third kappa shape index (κ3) is 10.00. The number of allylic oxidation sites excluding steroid dienone is 1. The van der Waals surface area contributed by atoms with E-state index >= 15 is 0 Å². The fraction of sp³-hybridized carbons (Fsp3) is 0.125. The Morgan fingerprint density at radius 1 is 0.469 bits per heavy atom. The van der Waals surface area contributed by atoms with Gasteiger partial charge in [0, 0.05) is 0 Å². The van der Waals surface area contributed by atoms with Gasteiger partial charge in [0.15, 0.2) is 0 Å². The first-order chi connectivity index (χ1) is 24.2. The molecule has 246 valence electrons. The van der Waals surface area contributed by atoms with E-state index in [1.807, 2.05) is 20.8 Å². The first-order valence-corrected chi connectivity index (χ1v) is 17.3. The predicted octanol–water partition coefficient (Wildman–Crippen LogP) is 13.1. The Labute approximate surface area is 294 Å². The van der Waals surface area contributed by atoms with Crippen LogP contribution in [-0.2, 0) is 6.42 Å². The summed E-state index contributed by atoms with van der Waals surface area (Å²) in [4.78, 5) is 0. The molecular formula is C48H49N. The Bertz CT molecular complexity index is 1990. The maximum atomic E-state index is 4.50. The first kappa shape index (κ1) is 36.3. The molecule has 0 aliphatic heterocycles. The monoisotopic (exact) mass is 639 g/mol. The van der Waals surface area contributed by atoms with Gasteiger partial charge in [-0.25, -0.2) is 0 Å². The number of benzene rings is 7. The molecule has 0 unspecified atom stereocenters. The lowest BCUT2D eigenvalue weighted by atomic mass is 9.89. The molecule has 0 saturated heterocycles. The Hall–Kier alpha value is -5.50. The van der Waals surface area contributed by atoms with Gasteiger partial charge in [-0.2, -0.15) is 0 Å². The minimum atomic E-state index is 1.01. The predicted molar refractivity (Wildman–Crippen MR) is 217 cm³/mol. The van der Waals surface area contributed by atoms with E-state index in [-0.39, 0.29) is 0 Å². The van der Waals surface area contributed by atoms with Crippen LogP contribution in [-0.4, -0.2) is 7.05 Å². The summed E-state index contributed by atoms with van der Waals surface area (Å²) in [6.45, 7) is 8.17. The molecule has 1 heteroatoms. The van der Waals surface area contributed by atoms with E-state index in [0.29, 0.717) is 0 Å². The Balaban J connectivity index is 0.000000230. The van der Waals surface area contributed by atoms with E-state index in [0.717, 1.165) is 6.42 Å². The fourth-order valence-corrected chi connectivity index (χ4v) is 5.79. The third-order valence-corrected chi connectivity index (χ3v) is 8.16. The molecule has 0 aromatic heterocycles. The van der Waals surface area contributed by atoms with Crippen LogP contribution in [0.3, 0.4) is 0 Å². The van der Waals surface area contributed by atoms with E-state index in [4.69, 9.17) is 0 Å². The third-order valence-electron chi connectivity index (χ3n) is 8.16. The summed E-state index contributed by atoms with van der Waals surface area (Å²) in [6, 6.07) is 60.7. The smallest absolute Gasteiger partial charge is 0.00258 e. The van der Waals surface area contributed by atoms with Crippen molar-refractivity contribution in [3.05, 3.63) is 198 Å². The van der Waals surface area contributed by atoms with Gasteiger partial charge < -0.3 is 5.73 Å². The quantitative estimate of drug-likeness (QED) is 0.192. The molecule has 0 heterocycles. The van der Waals surface area contributed by atoms with Crippen molar-refractivity contribution in [2.75, 3.05) is 7.05 Å². The van der Waals surface area contributed by atoms with Gasteiger partial charge in [0.2, 0.25) is 0 Å². The molecule has 0 radical (unpaired) electrons. The summed E-state index contributed by atoms with van der Waals surface area (Å²) < 4.78 is 0. The molecule has 0 bridgehead atoms. The molecule has 7 aromatic rings. The second-order valence-corrected chi connectivity index (χ2v) is 11.4. The SMILES string of the molecule is C/C=C/c1ccc(Cc2ccccc2)cc1.CC.CN.Cc1ccc(-c2c(-c3ccc(-c4ccccc4)cc3)ccc3ccccc23)cc1. The van der Waals surface area contributed by atoms with Crippen LogP contribution >= 0.6 is 0 Å². The van der Waals surface area contributed by atoms with Crippen molar-refractivity contribution in [3.63, 3.8) is 0 Å². The van der Waals surface area contributed by atoms with Crippen LogP contribution in [0, 0.1) is 6.92 Å². The number of hydrogen-bond acceptors (Lipinski definition) is 1. The molecule has 0 aliphatic carbocycles. The Kier molecular flexibility index (Phi) is 14.4. The van der Waals surface area contributed by atoms with Gasteiger partial charge in [0.25, 0.3) is 0 Å². The zero-order valence-electron chi connectivity index (χ0n) is 29.6. The van der Waals surface area contributed by atoms with Crippen LogP contribution in [0.25, 0.3) is 50.2 Å². The summed E-state index contributed by atoms with van der Waals surface area (Å²) >= 11 is 0. The fourth-order valence-electron chi connectivity index (χ4n) is 5.79. The second kappa shape index (κ2) is 19.4. The summed E-state index contributed by atoms with van der Waals surface area (Å²) in [6.07, 6.45) is 5.19. The Morgan fingerprint density at radius 3 is 1.61 bits per heavy atom. The minimum absolute atomic E-state index is 1.01. The van der Waals surface area contributed by atoms with Crippen LogP contribution in [0.15, 0.2) is 176 Å². The number of fused-ring (bicyclic) bond motifs is 1. The highest BCUT2D eigenvalue weighted by Gasteiger charge is 2.12. The van der Waals surface area contributed by atoms with Gasteiger partial charge in [-0.3, -0.25) is 0 Å². The molecule has 49 heavy (non-hydrogen) atoms. The van der Waals surface area contributed by atoms with Crippen molar-refractivity contribution < 1.29 is 0 Å². The molecule has 1 nitrogen and oxygen atoms in total. The average molecular weight is 640 g/mol. The molecule has 2 N–H and O–H groups in total. The normalized spacial score (nSPS) is 10.2. The van der Waals surface area contributed by atoms with Gasteiger partial charge in [-0.05, 0) is 88.2 Å². The molecule has 0 fully saturated rings. The van der Waals surface area contributed by atoms with E-state index < -0.39 is 0 Å². The zero-order valence-corrected chi connectivity index (χ0v) is 29.6. The van der Waals surface area contributed by atoms with Crippen LogP contribution in [0.2, 0.25) is 0 Å². The highest BCUT2D eigenvalue weighted by atomic mass is 14.4. The standard InChI is InChI=1S/C29H22.C16H16.C2H6.CH5N/c1-21-11-13-26(14-12-21)29-27-10-6-5-9-24(27)19-20-28(29)25-17-15-23(16-18-25)22-7-3-2-4-8-22;1-2-6-14-9-11-16(12-10-14)13-15-7-4-3-5-8-15;2*1-2/h2-20H,1H3;2-12H,13H2,1H3;1-2H3;2H2,1H3/b;6-2+;;. The molecular weight excluding hydrogens is 591 g/mol. The van der Waals surface area contributed by atoms with Crippen molar-refractivity contribution in [2.24, 2.45) is 5.73 Å². The van der Waals surface area contributed by atoms with Crippen LogP contribution in [0.5, 0.6) is 0 Å². The van der Waals surface area contributed by atoms with Crippen LogP contribution < -0.4 is 5.73 Å². The maximum absolute atomic E-state index is 4.50. The van der Waals surface area contributed by atoms with Gasteiger partial charge in [0.1, 0.15) is 0 Å². The second-order valence-electron chi connectivity index (χ2n) is 11.4. The first-order valence-electron chi connectivity index (χ1n) is 17.3. The topological polar surface area (TPSA) is 26.0 Å². The molecule has 7 aromatic carbocycles. The van der Waals surface area contributed by atoms with Gasteiger partial charge >= 0.3 is 0 Å². The van der Waals surface area contributed by atoms with Crippen molar-refractivity contribution >= 4 is 16.8 Å². The average Bonchev–Trinajstić information content (AvgIpc) is 3.18. The molecule has 0 atom stereocenters. The number of nitrogens with two attached hydrogens (primary N) is 1. The van der Waals surface area contributed by atoms with Gasteiger partial charge in [-0.1, -0.05) is 201 Å². The van der Waals surface area contributed by atoms with Gasteiger partial charge in [0.05, 0.1) is 0 Å². The van der Waals surface area contributed by atoms with Crippen LogP contribution in [0.1, 0.15) is 43.0 Å². The van der Waals surface area contributed by atoms with E-state index in [9.17, 15) is 0 Å². The highest BCUT2D eigenvalue weighted by Crippen LogP contribution is 2.38. The molecule has 0 aliphatic rings. The lowest BCUT2D eigenvalue weighted by Gasteiger charge is -2.15. The largest absolute Gasteiger partial charge is 0.333 e. The van der Waals surface area contributed by atoms with E-state index in [2.05, 4.69) is 195 Å². The van der Waals surface area contributed by atoms with Crippen molar-refractivity contribution in [2.45, 2.75) is 34.1 Å². The van der Waals surface area contributed by atoms with E-state index in [1.165, 1.54) is 73.5 Å². The number of hydrogen-bond donors (Lipinski definition) is 1. The van der Waals surface area contributed by atoms with Gasteiger partial charge in [-0.15, -0.1) is 0 Å². The van der Waals surface area contributed by atoms with Crippen molar-refractivity contribution in [1.29, 1.82) is 0 Å². The van der Waals surface area contributed by atoms with Crippen molar-refractivity contribution in [3.8, 4) is 33.4 Å². The number of aryl methyl sites for hydroxylation is 1. The Morgan fingerprint density at radius 2 is 0.980 bits per heavy atom.